The Hall–Kier alpha value is -3.73. The van der Waals surface area contributed by atoms with Gasteiger partial charge in [-0.1, -0.05) is 24.3 Å². The van der Waals surface area contributed by atoms with Gasteiger partial charge in [-0.15, -0.1) is 0 Å². The zero-order chi connectivity index (χ0) is 25.8. The van der Waals surface area contributed by atoms with Crippen molar-refractivity contribution in [1.82, 2.24) is 5.32 Å². The molecule has 1 aliphatic rings. The second-order valence-electron chi connectivity index (χ2n) is 7.97. The lowest BCUT2D eigenvalue weighted by Gasteiger charge is -2.26. The van der Waals surface area contributed by atoms with Crippen LogP contribution in [0.2, 0.25) is 0 Å². The lowest BCUT2D eigenvalue weighted by Crippen LogP contribution is -2.54. The van der Waals surface area contributed by atoms with Crippen LogP contribution in [0.4, 0.5) is 14.9 Å². The molecule has 0 bridgehead atoms. The Bertz CT molecular complexity index is 1370. The van der Waals surface area contributed by atoms with Crippen molar-refractivity contribution in [3.63, 3.8) is 0 Å². The van der Waals surface area contributed by atoms with Crippen molar-refractivity contribution in [3.05, 3.63) is 92.3 Å². The predicted molar refractivity (Wildman–Crippen MR) is 141 cm³/mol. The Balaban J connectivity index is 1.66. The predicted octanol–water partition coefficient (Wildman–Crippen LogP) is 5.38. The molecule has 4 rings (SSSR count). The highest BCUT2D eigenvalue weighted by atomic mass is 127. The van der Waals surface area contributed by atoms with E-state index in [1.807, 2.05) is 19.9 Å². The number of nitrogens with one attached hydrogen (secondary N) is 1. The number of rotatable bonds is 7. The van der Waals surface area contributed by atoms with E-state index < -0.39 is 17.8 Å². The van der Waals surface area contributed by atoms with E-state index in [0.29, 0.717) is 32.9 Å². The van der Waals surface area contributed by atoms with Crippen LogP contribution in [-0.2, 0) is 16.2 Å². The summed E-state index contributed by atoms with van der Waals surface area (Å²) in [7, 11) is 0. The average Bonchev–Trinajstić information content (AvgIpc) is 2.82. The molecule has 9 heteroatoms. The van der Waals surface area contributed by atoms with Gasteiger partial charge in [0.15, 0.2) is 11.5 Å². The molecule has 0 aromatic heterocycles. The van der Waals surface area contributed by atoms with Crippen molar-refractivity contribution in [1.29, 1.82) is 0 Å². The van der Waals surface area contributed by atoms with E-state index in [-0.39, 0.29) is 18.0 Å². The molecule has 0 saturated carbocycles. The molecule has 1 heterocycles. The summed E-state index contributed by atoms with van der Waals surface area (Å²) in [5.74, 6) is -0.921. The van der Waals surface area contributed by atoms with Crippen LogP contribution in [0.5, 0.6) is 11.5 Å². The third kappa shape index (κ3) is 5.56. The van der Waals surface area contributed by atoms with Gasteiger partial charge in [0.05, 0.1) is 15.9 Å². The number of urea groups is 1. The number of benzene rings is 3. The number of carbonyl (C=O) groups is 3. The number of barbiturate groups is 1. The highest BCUT2D eigenvalue weighted by Crippen LogP contribution is 2.36. The standard InChI is InChI=1S/C27H22FIN2O5/c1-3-35-23-14-18(13-22(29)24(23)36-15-17-7-9-19(28)10-8-17)12-21-25(32)30-27(34)31(26(21)33)20-6-4-5-16(2)11-20/h4-14H,3,15H2,1-2H3,(H,30,32,34)/b21-12+. The van der Waals surface area contributed by atoms with E-state index in [1.165, 1.54) is 18.2 Å². The average molecular weight is 600 g/mol. The number of anilines is 1. The van der Waals surface area contributed by atoms with E-state index in [2.05, 4.69) is 27.9 Å². The molecule has 0 unspecified atom stereocenters. The van der Waals surface area contributed by atoms with Crippen LogP contribution in [0.3, 0.4) is 0 Å². The molecule has 7 nitrogen and oxygen atoms in total. The molecule has 1 fully saturated rings. The number of hydrogen-bond donors (Lipinski definition) is 1. The van der Waals surface area contributed by atoms with Crippen molar-refractivity contribution in [2.24, 2.45) is 0 Å². The zero-order valence-corrected chi connectivity index (χ0v) is 21.7. The second kappa shape index (κ2) is 10.9. The summed E-state index contributed by atoms with van der Waals surface area (Å²) in [6, 6.07) is 15.5. The smallest absolute Gasteiger partial charge is 0.335 e. The Morgan fingerprint density at radius 3 is 2.47 bits per heavy atom. The summed E-state index contributed by atoms with van der Waals surface area (Å²) < 4.78 is 25.6. The first-order valence-electron chi connectivity index (χ1n) is 11.1. The minimum absolute atomic E-state index is 0.186. The first kappa shape index (κ1) is 25.4. The summed E-state index contributed by atoms with van der Waals surface area (Å²) in [5.41, 5.74) is 2.35. The van der Waals surface area contributed by atoms with Crippen molar-refractivity contribution < 1.29 is 28.2 Å². The second-order valence-corrected chi connectivity index (χ2v) is 9.14. The van der Waals surface area contributed by atoms with Gasteiger partial charge < -0.3 is 9.47 Å². The Labute approximate surface area is 221 Å². The minimum atomic E-state index is -0.804. The van der Waals surface area contributed by atoms with Gasteiger partial charge in [-0.2, -0.15) is 0 Å². The van der Waals surface area contributed by atoms with Crippen LogP contribution < -0.4 is 19.7 Å². The lowest BCUT2D eigenvalue weighted by atomic mass is 10.1. The maximum atomic E-state index is 13.2. The fourth-order valence-corrected chi connectivity index (χ4v) is 4.42. The van der Waals surface area contributed by atoms with Crippen LogP contribution in [-0.4, -0.2) is 24.5 Å². The third-order valence-corrected chi connectivity index (χ3v) is 6.10. The molecule has 4 amide bonds. The van der Waals surface area contributed by atoms with E-state index >= 15 is 0 Å². The molecule has 1 saturated heterocycles. The number of halogens is 2. The van der Waals surface area contributed by atoms with Gasteiger partial charge in [0.2, 0.25) is 0 Å². The minimum Gasteiger partial charge on any atom is -0.490 e. The zero-order valence-electron chi connectivity index (χ0n) is 19.5. The first-order valence-corrected chi connectivity index (χ1v) is 12.2. The van der Waals surface area contributed by atoms with Crippen molar-refractivity contribution >= 4 is 52.2 Å². The number of imide groups is 2. The van der Waals surface area contributed by atoms with E-state index in [0.717, 1.165) is 16.0 Å². The summed E-state index contributed by atoms with van der Waals surface area (Å²) >= 11 is 2.08. The number of hydrogen-bond acceptors (Lipinski definition) is 5. The van der Waals surface area contributed by atoms with Gasteiger partial charge in [0, 0.05) is 0 Å². The summed E-state index contributed by atoms with van der Waals surface area (Å²) in [5, 5.41) is 2.23. The van der Waals surface area contributed by atoms with E-state index in [1.54, 1.807) is 42.5 Å². The number of nitrogens with zero attached hydrogens (tertiary/aromatic N) is 1. The monoisotopic (exact) mass is 600 g/mol. The van der Waals surface area contributed by atoms with Crippen molar-refractivity contribution in [2.75, 3.05) is 11.5 Å². The highest BCUT2D eigenvalue weighted by molar-refractivity contribution is 14.1. The molecule has 0 atom stereocenters. The topological polar surface area (TPSA) is 84.9 Å². The molecule has 1 N–H and O–H groups in total. The van der Waals surface area contributed by atoms with E-state index in [4.69, 9.17) is 9.47 Å². The van der Waals surface area contributed by atoms with Crippen LogP contribution in [0.25, 0.3) is 6.08 Å². The van der Waals surface area contributed by atoms with Gasteiger partial charge in [-0.25, -0.2) is 14.1 Å². The number of ether oxygens (including phenoxy) is 2. The van der Waals surface area contributed by atoms with Gasteiger partial charge in [-0.3, -0.25) is 14.9 Å². The molecular weight excluding hydrogens is 578 g/mol. The Kier molecular flexibility index (Phi) is 7.68. The number of aryl methyl sites for hydroxylation is 1. The maximum Gasteiger partial charge on any atom is 0.335 e. The number of amides is 4. The maximum absolute atomic E-state index is 13.2. The quantitative estimate of drug-likeness (QED) is 0.224. The van der Waals surface area contributed by atoms with Gasteiger partial charge in [0.1, 0.15) is 18.0 Å². The normalized spacial score (nSPS) is 14.7. The molecule has 3 aromatic carbocycles. The number of carbonyl (C=O) groups excluding carboxylic acids is 3. The van der Waals surface area contributed by atoms with E-state index in [9.17, 15) is 18.8 Å². The molecule has 36 heavy (non-hydrogen) atoms. The Morgan fingerprint density at radius 2 is 1.78 bits per heavy atom. The first-order chi connectivity index (χ1) is 17.3. The lowest BCUT2D eigenvalue weighted by molar-refractivity contribution is -0.122. The van der Waals surface area contributed by atoms with Crippen LogP contribution in [0.1, 0.15) is 23.6 Å². The van der Waals surface area contributed by atoms with Gasteiger partial charge in [0.25, 0.3) is 11.8 Å². The van der Waals surface area contributed by atoms with Crippen LogP contribution >= 0.6 is 22.6 Å². The molecule has 0 spiro atoms. The molecule has 1 aliphatic heterocycles. The van der Waals surface area contributed by atoms with Crippen LogP contribution in [0, 0.1) is 16.3 Å². The summed E-state index contributed by atoms with van der Waals surface area (Å²) in [6.07, 6.45) is 1.42. The van der Waals surface area contributed by atoms with Gasteiger partial charge >= 0.3 is 6.03 Å². The Morgan fingerprint density at radius 1 is 1.03 bits per heavy atom. The summed E-state index contributed by atoms with van der Waals surface area (Å²) in [6.45, 7) is 4.23. The highest BCUT2D eigenvalue weighted by Gasteiger charge is 2.36. The molecule has 0 radical (unpaired) electrons. The fourth-order valence-electron chi connectivity index (χ4n) is 3.64. The van der Waals surface area contributed by atoms with Gasteiger partial charge in [-0.05, 0) is 95.6 Å². The third-order valence-electron chi connectivity index (χ3n) is 5.30. The summed E-state index contributed by atoms with van der Waals surface area (Å²) in [4.78, 5) is 39.2. The fraction of sp³-hybridized carbons (Fsp3) is 0.148. The SMILES string of the molecule is CCOc1cc(/C=C2\C(=O)NC(=O)N(c3cccc(C)c3)C2=O)cc(I)c1OCc1ccc(F)cc1. The molecule has 0 aliphatic carbocycles. The van der Waals surface area contributed by atoms with Crippen molar-refractivity contribution in [3.8, 4) is 11.5 Å². The largest absolute Gasteiger partial charge is 0.490 e. The molecule has 3 aromatic rings. The van der Waals surface area contributed by atoms with Crippen LogP contribution in [0.15, 0.2) is 66.2 Å². The van der Waals surface area contributed by atoms with Crippen molar-refractivity contribution in [2.45, 2.75) is 20.5 Å². The molecule has 184 valence electrons. The molecular formula is C27H22FIN2O5.